The maximum atomic E-state index is 14.6. The largest absolute Gasteiger partial charge is 0.298 e. The van der Waals surface area contributed by atoms with Gasteiger partial charge in [0.05, 0.1) is 19.5 Å². The number of ketones is 2. The number of halogens is 3. The molecule has 4 aromatic carbocycles. The zero-order valence-corrected chi connectivity index (χ0v) is 32.4. The van der Waals surface area contributed by atoms with Crippen LogP contribution in [-0.4, -0.2) is 33.2 Å². The first-order valence-electron chi connectivity index (χ1n) is 15.4. The van der Waals surface area contributed by atoms with Crippen molar-refractivity contribution >= 4 is 75.3 Å². The van der Waals surface area contributed by atoms with Crippen LogP contribution in [0.2, 0.25) is 10.0 Å². The zero-order chi connectivity index (χ0) is 36.4. The number of carbonyl (C=O) groups is 2. The van der Waals surface area contributed by atoms with Gasteiger partial charge in [0.15, 0.2) is 21.4 Å². The summed E-state index contributed by atoms with van der Waals surface area (Å²) in [4.78, 5) is 27.4. The van der Waals surface area contributed by atoms with E-state index in [-0.39, 0.29) is 32.3 Å². The second kappa shape index (κ2) is 15.0. The van der Waals surface area contributed by atoms with E-state index >= 15 is 0 Å². The van der Waals surface area contributed by atoms with E-state index < -0.39 is 52.1 Å². The number of allylic oxidation sites excluding steroid dienone is 1. The third-order valence-corrected chi connectivity index (χ3v) is 13.9. The summed E-state index contributed by atoms with van der Waals surface area (Å²) in [6, 6.07) is 27.9. The highest BCUT2D eigenvalue weighted by atomic mass is 79.9. The van der Waals surface area contributed by atoms with E-state index in [1.807, 2.05) is 0 Å². The van der Waals surface area contributed by atoms with Gasteiger partial charge < -0.3 is 0 Å². The summed E-state index contributed by atoms with van der Waals surface area (Å²) in [7, 11) is -8.49. The van der Waals surface area contributed by atoms with Crippen molar-refractivity contribution in [3.05, 3.63) is 136 Å². The molecule has 2 unspecified atom stereocenters. The van der Waals surface area contributed by atoms with Crippen LogP contribution in [0, 0.1) is 10.8 Å². The Bertz CT molecular complexity index is 2070. The zero-order valence-electron chi connectivity index (χ0n) is 27.7. The lowest BCUT2D eigenvalue weighted by atomic mass is 9.74. The van der Waals surface area contributed by atoms with E-state index in [1.165, 1.54) is 48.5 Å². The van der Waals surface area contributed by atoms with E-state index in [2.05, 4.69) is 15.9 Å². The molecule has 4 aromatic rings. The van der Waals surface area contributed by atoms with Crippen LogP contribution in [0.1, 0.15) is 57.4 Å². The number of carbonyl (C=O) groups excluding carboxylic acids is 2. The highest BCUT2D eigenvalue weighted by Gasteiger charge is 2.46. The molecule has 0 spiro atoms. The number of hydrogen-bond donors (Lipinski definition) is 0. The van der Waals surface area contributed by atoms with Crippen LogP contribution >= 0.6 is 39.1 Å². The van der Waals surface area contributed by atoms with Crippen molar-refractivity contribution in [3.63, 3.8) is 0 Å². The second-order valence-corrected chi connectivity index (χ2v) is 19.2. The predicted molar refractivity (Wildman–Crippen MR) is 200 cm³/mol. The fourth-order valence-corrected chi connectivity index (χ4v) is 11.0. The standard InChI is InChI=1S/C38H37BrCl2O6S2/c1-37(2,3)35(42)31(33(25-16-20-27(40)21-17-25)48(44,45)29-12-8-6-9-13-29)24-38(4,5)36(43)32(39)34(26-18-22-28(41)23-19-26)49(46,47)30-14-10-7-11-15-30/h6-23,32,34H,24H2,1-5H3. The summed E-state index contributed by atoms with van der Waals surface area (Å²) in [5, 5.41) is -0.620. The normalized spacial score (nSPS) is 14.4. The Balaban J connectivity index is 1.94. The van der Waals surface area contributed by atoms with Gasteiger partial charge in [-0.25, -0.2) is 16.8 Å². The van der Waals surface area contributed by atoms with Gasteiger partial charge in [-0.15, -0.1) is 0 Å². The monoisotopic (exact) mass is 802 g/mol. The van der Waals surface area contributed by atoms with Crippen LogP contribution in [-0.2, 0) is 29.3 Å². The Hall–Kier alpha value is -3.08. The Morgan fingerprint density at radius 2 is 1.12 bits per heavy atom. The van der Waals surface area contributed by atoms with Gasteiger partial charge >= 0.3 is 0 Å². The van der Waals surface area contributed by atoms with Gasteiger partial charge in [0.25, 0.3) is 0 Å². The summed E-state index contributed by atoms with van der Waals surface area (Å²) in [6.07, 6.45) is -0.313. The molecule has 0 heterocycles. The molecule has 0 aromatic heterocycles. The number of alkyl halides is 1. The summed E-state index contributed by atoms with van der Waals surface area (Å²) >= 11 is 15.8. The Morgan fingerprint density at radius 1 is 0.673 bits per heavy atom. The average Bonchev–Trinajstić information content (AvgIpc) is 3.05. The lowest BCUT2D eigenvalue weighted by Crippen LogP contribution is -2.39. The molecule has 4 rings (SSSR count). The Kier molecular flexibility index (Phi) is 11.9. The highest BCUT2D eigenvalue weighted by molar-refractivity contribution is 9.10. The molecule has 258 valence electrons. The number of Topliss-reactive ketones (excluding diaryl/α,β-unsaturated/α-hetero) is 2. The smallest absolute Gasteiger partial charge is 0.207 e. The molecule has 0 aliphatic heterocycles. The van der Waals surface area contributed by atoms with Crippen LogP contribution in [0.4, 0.5) is 0 Å². The van der Waals surface area contributed by atoms with Crippen molar-refractivity contribution in [1.29, 1.82) is 0 Å². The molecule has 0 radical (unpaired) electrons. The van der Waals surface area contributed by atoms with Crippen molar-refractivity contribution < 1.29 is 26.4 Å². The summed E-state index contributed by atoms with van der Waals surface area (Å²) < 4.78 is 57.3. The predicted octanol–water partition coefficient (Wildman–Crippen LogP) is 9.76. The van der Waals surface area contributed by atoms with Gasteiger partial charge in [-0.3, -0.25) is 9.59 Å². The van der Waals surface area contributed by atoms with E-state index in [4.69, 9.17) is 23.2 Å². The van der Waals surface area contributed by atoms with Crippen LogP contribution in [0.25, 0.3) is 4.91 Å². The fourth-order valence-electron chi connectivity index (χ4n) is 5.48. The summed E-state index contributed by atoms with van der Waals surface area (Å²) in [6.45, 7) is 8.20. The van der Waals surface area contributed by atoms with Gasteiger partial charge in [0, 0.05) is 26.4 Å². The molecule has 0 N–H and O–H groups in total. The number of benzene rings is 4. The molecule has 0 saturated carbocycles. The minimum atomic E-state index is -4.33. The SMILES string of the molecule is CC(C)(C)C(=O)C(CC(C)(C)C(=O)C(Br)C(c1ccc(Cl)cc1)S(=O)(=O)c1ccccc1)=C(c1ccc(Cl)cc1)S(=O)(=O)c1ccccc1. The average molecular weight is 805 g/mol. The van der Waals surface area contributed by atoms with Gasteiger partial charge in [0.1, 0.15) is 5.25 Å². The van der Waals surface area contributed by atoms with Crippen molar-refractivity contribution in [2.24, 2.45) is 10.8 Å². The van der Waals surface area contributed by atoms with Crippen LogP contribution in [0.15, 0.2) is 125 Å². The maximum Gasteiger partial charge on any atom is 0.207 e. The molecule has 0 aliphatic carbocycles. The van der Waals surface area contributed by atoms with Crippen molar-refractivity contribution in [2.75, 3.05) is 0 Å². The number of rotatable bonds is 12. The third kappa shape index (κ3) is 8.63. The molecule has 0 fully saturated rings. The van der Waals surface area contributed by atoms with E-state index in [0.717, 1.165) is 0 Å². The van der Waals surface area contributed by atoms with Gasteiger partial charge in [-0.1, -0.05) is 134 Å². The van der Waals surface area contributed by atoms with Crippen LogP contribution < -0.4 is 0 Å². The number of hydrogen-bond acceptors (Lipinski definition) is 6. The molecule has 0 amide bonds. The quantitative estimate of drug-likeness (QED) is 0.104. The molecule has 0 bridgehead atoms. The number of sulfone groups is 2. The minimum Gasteiger partial charge on any atom is -0.298 e. The van der Waals surface area contributed by atoms with Crippen LogP contribution in [0.5, 0.6) is 0 Å². The Morgan fingerprint density at radius 3 is 1.59 bits per heavy atom. The van der Waals surface area contributed by atoms with E-state index in [1.54, 1.807) is 95.3 Å². The molecule has 49 heavy (non-hydrogen) atoms. The second-order valence-electron chi connectivity index (χ2n) is 13.4. The highest BCUT2D eigenvalue weighted by Crippen LogP contribution is 2.44. The first-order chi connectivity index (χ1) is 22.8. The van der Waals surface area contributed by atoms with Crippen molar-refractivity contribution in [1.82, 2.24) is 0 Å². The van der Waals surface area contributed by atoms with E-state index in [0.29, 0.717) is 15.6 Å². The summed E-state index contributed by atoms with van der Waals surface area (Å²) in [5.74, 6) is -1.02. The van der Waals surface area contributed by atoms with Gasteiger partial charge in [-0.05, 0) is 66.1 Å². The molecular weight excluding hydrogens is 767 g/mol. The maximum absolute atomic E-state index is 14.6. The molecule has 0 saturated heterocycles. The molecule has 6 nitrogen and oxygen atoms in total. The third-order valence-electron chi connectivity index (χ3n) is 8.06. The first-order valence-corrected chi connectivity index (χ1v) is 20.1. The topological polar surface area (TPSA) is 102 Å². The van der Waals surface area contributed by atoms with Crippen molar-refractivity contribution in [2.45, 2.75) is 60.9 Å². The summed E-state index contributed by atoms with van der Waals surface area (Å²) in [5.41, 5.74) is -2.02. The van der Waals surface area contributed by atoms with Crippen molar-refractivity contribution in [3.8, 4) is 0 Å². The minimum absolute atomic E-state index is 0.0208. The fraction of sp³-hybridized carbons (Fsp3) is 0.263. The van der Waals surface area contributed by atoms with Gasteiger partial charge in [-0.2, -0.15) is 0 Å². The Labute approximate surface area is 307 Å². The van der Waals surface area contributed by atoms with Crippen LogP contribution in [0.3, 0.4) is 0 Å². The lowest BCUT2D eigenvalue weighted by Gasteiger charge is -2.32. The van der Waals surface area contributed by atoms with E-state index in [9.17, 15) is 26.4 Å². The first kappa shape index (κ1) is 38.7. The molecule has 2 atom stereocenters. The van der Waals surface area contributed by atoms with Gasteiger partial charge in [0.2, 0.25) is 9.84 Å². The lowest BCUT2D eigenvalue weighted by molar-refractivity contribution is -0.127. The molecule has 0 aliphatic rings. The molecular formula is C38H37BrCl2O6S2. The molecule has 11 heteroatoms.